The van der Waals surface area contributed by atoms with E-state index in [2.05, 4.69) is 19.0 Å². The molecule has 0 rings (SSSR count). The minimum atomic E-state index is 0.922. The first-order valence-electron chi connectivity index (χ1n) is 5.87. The van der Waals surface area contributed by atoms with Crippen molar-refractivity contribution >= 4 is 0 Å². The summed E-state index contributed by atoms with van der Waals surface area (Å²) in [7, 11) is 0. The third-order valence-electron chi connectivity index (χ3n) is 2.04. The maximum Gasteiger partial charge on any atom is 0.148 e. The van der Waals surface area contributed by atoms with Crippen molar-refractivity contribution in [2.24, 2.45) is 0 Å². The molecule has 1 radical (unpaired) electrons. The van der Waals surface area contributed by atoms with Gasteiger partial charge in [0, 0.05) is 6.42 Å². The topological polar surface area (TPSA) is 9.23 Å². The molecule has 81 valence electrons. The summed E-state index contributed by atoms with van der Waals surface area (Å²) in [6.07, 6.45) is 12.5. The molecule has 0 saturated heterocycles. The summed E-state index contributed by atoms with van der Waals surface area (Å²) in [5.74, 6) is 3.01. The molecule has 0 aromatic carbocycles. The summed E-state index contributed by atoms with van der Waals surface area (Å²) in [6, 6.07) is 0. The van der Waals surface area contributed by atoms with Crippen molar-refractivity contribution in [1.29, 1.82) is 0 Å². The molecule has 0 aromatic heterocycles. The quantitative estimate of drug-likeness (QED) is 0.415. The van der Waals surface area contributed by atoms with Crippen molar-refractivity contribution in [1.82, 2.24) is 0 Å². The van der Waals surface area contributed by atoms with Gasteiger partial charge >= 0.3 is 0 Å². The number of hydrogen-bond acceptors (Lipinski definition) is 1. The molecule has 0 bridgehead atoms. The van der Waals surface area contributed by atoms with E-state index in [9.17, 15) is 0 Å². The van der Waals surface area contributed by atoms with E-state index < -0.39 is 0 Å². The minimum absolute atomic E-state index is 0.922. The van der Waals surface area contributed by atoms with Gasteiger partial charge in [-0.1, -0.05) is 51.9 Å². The standard InChI is InChI=1S/C13H23O/c1-3-5-6-7-8-9-10-11-13-14-12-4-2/h12H,3-10H2,1-2H3. The van der Waals surface area contributed by atoms with Crippen molar-refractivity contribution in [3.8, 4) is 12.0 Å². The minimum Gasteiger partial charge on any atom is -0.439 e. The van der Waals surface area contributed by atoms with Gasteiger partial charge in [-0.3, -0.25) is 0 Å². The highest BCUT2D eigenvalue weighted by molar-refractivity contribution is 4.91. The molecule has 0 atom stereocenters. The summed E-state index contributed by atoms with van der Waals surface area (Å²) in [5.41, 5.74) is 0. The largest absolute Gasteiger partial charge is 0.439 e. The second-order valence-electron chi connectivity index (χ2n) is 3.49. The first-order chi connectivity index (χ1) is 6.91. The fourth-order valence-corrected chi connectivity index (χ4v) is 1.21. The highest BCUT2D eigenvalue weighted by Gasteiger charge is 1.87. The van der Waals surface area contributed by atoms with Crippen molar-refractivity contribution in [2.45, 2.75) is 65.2 Å². The van der Waals surface area contributed by atoms with Gasteiger partial charge in [0.15, 0.2) is 0 Å². The third-order valence-corrected chi connectivity index (χ3v) is 2.04. The van der Waals surface area contributed by atoms with Crippen LogP contribution in [0.5, 0.6) is 0 Å². The fourth-order valence-electron chi connectivity index (χ4n) is 1.21. The molecule has 1 nitrogen and oxygen atoms in total. The Morgan fingerprint density at radius 3 is 2.43 bits per heavy atom. The van der Waals surface area contributed by atoms with E-state index in [1.807, 2.05) is 6.92 Å². The van der Waals surface area contributed by atoms with Crippen LogP contribution in [0.2, 0.25) is 0 Å². The monoisotopic (exact) mass is 195 g/mol. The molecule has 0 aliphatic rings. The predicted molar refractivity (Wildman–Crippen MR) is 61.4 cm³/mol. The molecule has 0 amide bonds. The first kappa shape index (κ1) is 13.4. The summed E-state index contributed by atoms with van der Waals surface area (Å²) in [6.45, 7) is 6.01. The summed E-state index contributed by atoms with van der Waals surface area (Å²) in [4.78, 5) is 0. The Balaban J connectivity index is 2.99. The van der Waals surface area contributed by atoms with Gasteiger partial charge in [0.25, 0.3) is 0 Å². The van der Waals surface area contributed by atoms with Crippen molar-refractivity contribution in [2.75, 3.05) is 0 Å². The molecule has 0 unspecified atom stereocenters. The van der Waals surface area contributed by atoms with E-state index in [1.54, 1.807) is 6.61 Å². The Kier molecular flexibility index (Phi) is 11.8. The van der Waals surface area contributed by atoms with Crippen LogP contribution < -0.4 is 0 Å². The Hall–Kier alpha value is -0.640. The van der Waals surface area contributed by atoms with E-state index in [4.69, 9.17) is 4.74 Å². The molecule has 0 aliphatic carbocycles. The maximum atomic E-state index is 4.94. The zero-order valence-corrected chi connectivity index (χ0v) is 9.64. The lowest BCUT2D eigenvalue weighted by Gasteiger charge is -1.96. The third kappa shape index (κ3) is 11.4. The van der Waals surface area contributed by atoms with E-state index in [0.717, 1.165) is 12.8 Å². The van der Waals surface area contributed by atoms with Gasteiger partial charge in [-0.25, -0.2) is 0 Å². The number of unbranched alkanes of at least 4 members (excludes halogenated alkanes) is 6. The lowest BCUT2D eigenvalue weighted by atomic mass is 10.1. The molecule has 0 aromatic rings. The van der Waals surface area contributed by atoms with Crippen molar-refractivity contribution in [3.63, 3.8) is 0 Å². The maximum absolute atomic E-state index is 4.94. The average Bonchev–Trinajstić information content (AvgIpc) is 2.21. The van der Waals surface area contributed by atoms with E-state index in [0.29, 0.717) is 0 Å². The lowest BCUT2D eigenvalue weighted by molar-refractivity contribution is 0.356. The lowest BCUT2D eigenvalue weighted by Crippen LogP contribution is -1.78. The number of hydrogen-bond donors (Lipinski definition) is 0. The van der Waals surface area contributed by atoms with E-state index in [1.165, 1.54) is 38.5 Å². The van der Waals surface area contributed by atoms with Crippen LogP contribution in [0.3, 0.4) is 0 Å². The first-order valence-corrected chi connectivity index (χ1v) is 5.87. The molecule has 0 N–H and O–H groups in total. The zero-order valence-electron chi connectivity index (χ0n) is 9.64. The van der Waals surface area contributed by atoms with Crippen LogP contribution in [-0.2, 0) is 4.74 Å². The van der Waals surface area contributed by atoms with Crippen LogP contribution in [0.15, 0.2) is 0 Å². The van der Waals surface area contributed by atoms with E-state index in [-0.39, 0.29) is 0 Å². The smallest absolute Gasteiger partial charge is 0.148 e. The highest BCUT2D eigenvalue weighted by atomic mass is 16.5. The second-order valence-corrected chi connectivity index (χ2v) is 3.49. The summed E-state index contributed by atoms with van der Waals surface area (Å²) in [5, 5.41) is 0. The Morgan fingerprint density at radius 2 is 1.71 bits per heavy atom. The van der Waals surface area contributed by atoms with Gasteiger partial charge in [0.2, 0.25) is 0 Å². The summed E-state index contributed by atoms with van der Waals surface area (Å²) >= 11 is 0. The van der Waals surface area contributed by atoms with Gasteiger partial charge in [-0.05, 0) is 12.8 Å². The molecule has 1 heteroatoms. The molecule has 0 saturated carbocycles. The Morgan fingerprint density at radius 1 is 1.00 bits per heavy atom. The molecule has 0 fully saturated rings. The SMILES string of the molecule is CC[CH]OC#CCCCCCCCC. The normalized spacial score (nSPS) is 9.29. The van der Waals surface area contributed by atoms with Crippen LogP contribution >= 0.6 is 0 Å². The van der Waals surface area contributed by atoms with Gasteiger partial charge in [-0.15, -0.1) is 0 Å². The highest BCUT2D eigenvalue weighted by Crippen LogP contribution is 2.06. The van der Waals surface area contributed by atoms with Crippen LogP contribution in [0.25, 0.3) is 0 Å². The van der Waals surface area contributed by atoms with Gasteiger partial charge in [0.05, 0.1) is 0 Å². The Labute approximate surface area is 89.2 Å². The van der Waals surface area contributed by atoms with Gasteiger partial charge < -0.3 is 4.74 Å². The van der Waals surface area contributed by atoms with Gasteiger partial charge in [-0.2, -0.15) is 0 Å². The Bertz CT molecular complexity index is 152. The summed E-state index contributed by atoms with van der Waals surface area (Å²) < 4.78 is 4.94. The fraction of sp³-hybridized carbons (Fsp3) is 0.769. The van der Waals surface area contributed by atoms with E-state index >= 15 is 0 Å². The predicted octanol–water partition coefficient (Wildman–Crippen LogP) is 4.29. The molecule has 0 heterocycles. The van der Waals surface area contributed by atoms with Crippen molar-refractivity contribution < 1.29 is 4.74 Å². The second kappa shape index (κ2) is 12.4. The van der Waals surface area contributed by atoms with Gasteiger partial charge in [0.1, 0.15) is 12.7 Å². The van der Waals surface area contributed by atoms with Crippen LogP contribution in [0, 0.1) is 18.6 Å². The molecular formula is C13H23O. The van der Waals surface area contributed by atoms with Crippen molar-refractivity contribution in [3.05, 3.63) is 6.61 Å². The molecule has 14 heavy (non-hydrogen) atoms. The average molecular weight is 195 g/mol. The molecule has 0 aliphatic heterocycles. The molecular weight excluding hydrogens is 172 g/mol. The molecule has 0 spiro atoms. The van der Waals surface area contributed by atoms with Crippen LogP contribution in [-0.4, -0.2) is 0 Å². The number of rotatable bonds is 8. The van der Waals surface area contributed by atoms with Crippen LogP contribution in [0.1, 0.15) is 65.2 Å². The van der Waals surface area contributed by atoms with Crippen LogP contribution in [0.4, 0.5) is 0 Å². The number of ether oxygens (including phenoxy) is 1. The zero-order chi connectivity index (χ0) is 10.5.